The maximum Gasteiger partial charge on any atom is 0.180 e. The molecule has 1 saturated heterocycles. The van der Waals surface area contributed by atoms with Crippen LogP contribution in [-0.4, -0.2) is 54.9 Å². The number of carbonyl (C=O) groups is 1. The molecular formula is C17H22N2O2. The van der Waals surface area contributed by atoms with Crippen LogP contribution in [0.25, 0.3) is 11.0 Å². The van der Waals surface area contributed by atoms with E-state index < -0.39 is 0 Å². The van der Waals surface area contributed by atoms with Crippen molar-refractivity contribution >= 4 is 16.8 Å². The van der Waals surface area contributed by atoms with Crippen molar-refractivity contribution in [2.24, 2.45) is 0 Å². The molecule has 2 heterocycles. The molecule has 0 amide bonds. The van der Waals surface area contributed by atoms with Gasteiger partial charge >= 0.3 is 0 Å². The first-order valence-electron chi connectivity index (χ1n) is 7.61. The molecule has 0 N–H and O–H groups in total. The van der Waals surface area contributed by atoms with Gasteiger partial charge in [0.05, 0.1) is 12.1 Å². The lowest BCUT2D eigenvalue weighted by Gasteiger charge is -2.38. The maximum atomic E-state index is 12.5. The van der Waals surface area contributed by atoms with E-state index >= 15 is 0 Å². The van der Waals surface area contributed by atoms with Crippen LogP contribution in [0, 0.1) is 0 Å². The Balaban J connectivity index is 1.72. The molecule has 21 heavy (non-hydrogen) atoms. The third-order valence-electron chi connectivity index (χ3n) is 4.48. The Morgan fingerprint density at radius 1 is 1.33 bits per heavy atom. The summed E-state index contributed by atoms with van der Waals surface area (Å²) in [6.45, 7) is 5.63. The zero-order valence-electron chi connectivity index (χ0n) is 12.7. The number of likely N-dealkylation sites (N-methyl/N-ethyl adjacent to an activating group) is 1. The summed E-state index contributed by atoms with van der Waals surface area (Å²) in [7, 11) is 2.16. The smallest absolute Gasteiger partial charge is 0.180 e. The molecule has 0 aliphatic carbocycles. The van der Waals surface area contributed by atoms with Crippen LogP contribution in [0.2, 0.25) is 0 Å². The van der Waals surface area contributed by atoms with E-state index in [-0.39, 0.29) is 5.78 Å². The Labute approximate surface area is 125 Å². The predicted molar refractivity (Wildman–Crippen MR) is 83.7 cm³/mol. The summed E-state index contributed by atoms with van der Waals surface area (Å²) in [6, 6.07) is 8.26. The maximum absolute atomic E-state index is 12.5. The molecule has 1 unspecified atom stereocenters. The van der Waals surface area contributed by atoms with E-state index in [1.165, 1.54) is 0 Å². The molecule has 0 radical (unpaired) electrons. The van der Waals surface area contributed by atoms with Crippen LogP contribution in [0.1, 0.15) is 23.7 Å². The minimum Gasteiger partial charge on any atom is -0.464 e. The van der Waals surface area contributed by atoms with Crippen molar-refractivity contribution in [3.8, 4) is 0 Å². The molecule has 1 fully saturated rings. The summed E-state index contributed by atoms with van der Waals surface area (Å²) >= 11 is 0. The SMILES string of the molecule is CCC1CN(CC(=O)c2coc3ccccc23)CCN1C. The normalized spacial score (nSPS) is 21.0. The number of rotatable bonds is 4. The minimum absolute atomic E-state index is 0.152. The average molecular weight is 286 g/mol. The third kappa shape index (κ3) is 2.87. The minimum atomic E-state index is 0.152. The first-order valence-corrected chi connectivity index (χ1v) is 7.61. The third-order valence-corrected chi connectivity index (χ3v) is 4.48. The van der Waals surface area contributed by atoms with Gasteiger partial charge in [0.25, 0.3) is 0 Å². The standard InChI is InChI=1S/C17H22N2O2/c1-3-13-10-19(9-8-18(13)2)11-16(20)15-12-21-17-7-5-4-6-14(15)17/h4-7,12-13H,3,8-11H2,1-2H3. The van der Waals surface area contributed by atoms with E-state index in [0.717, 1.165) is 37.0 Å². The van der Waals surface area contributed by atoms with Crippen LogP contribution in [0.5, 0.6) is 0 Å². The highest BCUT2D eigenvalue weighted by atomic mass is 16.3. The van der Waals surface area contributed by atoms with Gasteiger partial charge in [-0.25, -0.2) is 0 Å². The van der Waals surface area contributed by atoms with Gasteiger partial charge in [-0.05, 0) is 19.5 Å². The lowest BCUT2D eigenvalue weighted by atomic mass is 10.1. The largest absolute Gasteiger partial charge is 0.464 e. The van der Waals surface area contributed by atoms with E-state index in [1.54, 1.807) is 6.26 Å². The van der Waals surface area contributed by atoms with Crippen molar-refractivity contribution in [2.45, 2.75) is 19.4 Å². The van der Waals surface area contributed by atoms with Crippen LogP contribution in [0.3, 0.4) is 0 Å². The van der Waals surface area contributed by atoms with Crippen LogP contribution in [0.15, 0.2) is 34.9 Å². The average Bonchev–Trinajstić information content (AvgIpc) is 2.93. The van der Waals surface area contributed by atoms with Crippen molar-refractivity contribution in [1.29, 1.82) is 0 Å². The summed E-state index contributed by atoms with van der Waals surface area (Å²) in [4.78, 5) is 17.2. The summed E-state index contributed by atoms with van der Waals surface area (Å²) in [5.74, 6) is 0.152. The van der Waals surface area contributed by atoms with Gasteiger partial charge in [-0.1, -0.05) is 25.1 Å². The molecule has 2 aromatic rings. The number of Topliss-reactive ketones (excluding diaryl/α,β-unsaturated/α-hetero) is 1. The molecule has 4 heteroatoms. The zero-order chi connectivity index (χ0) is 14.8. The zero-order valence-corrected chi connectivity index (χ0v) is 12.7. The molecule has 0 saturated carbocycles. The number of carbonyl (C=O) groups excluding carboxylic acids is 1. The van der Waals surface area contributed by atoms with Gasteiger partial charge < -0.3 is 9.32 Å². The quantitative estimate of drug-likeness (QED) is 0.810. The number of ketones is 1. The number of fused-ring (bicyclic) bond motifs is 1. The van der Waals surface area contributed by atoms with Crippen LogP contribution in [-0.2, 0) is 0 Å². The highest BCUT2D eigenvalue weighted by Gasteiger charge is 2.25. The van der Waals surface area contributed by atoms with Gasteiger partial charge in [-0.15, -0.1) is 0 Å². The molecule has 4 nitrogen and oxygen atoms in total. The fourth-order valence-corrected chi connectivity index (χ4v) is 3.08. The number of hydrogen-bond donors (Lipinski definition) is 0. The van der Waals surface area contributed by atoms with Gasteiger partial charge in [-0.3, -0.25) is 9.69 Å². The number of furan rings is 1. The fraction of sp³-hybridized carbons (Fsp3) is 0.471. The van der Waals surface area contributed by atoms with Gasteiger partial charge in [0.15, 0.2) is 5.78 Å². The number of nitrogens with zero attached hydrogens (tertiary/aromatic N) is 2. The van der Waals surface area contributed by atoms with Crippen molar-refractivity contribution < 1.29 is 9.21 Å². The van der Waals surface area contributed by atoms with Crippen LogP contribution >= 0.6 is 0 Å². The second kappa shape index (κ2) is 6.00. The van der Waals surface area contributed by atoms with Crippen molar-refractivity contribution in [2.75, 3.05) is 33.2 Å². The monoisotopic (exact) mass is 286 g/mol. The summed E-state index contributed by atoms with van der Waals surface area (Å²) in [5.41, 5.74) is 1.49. The summed E-state index contributed by atoms with van der Waals surface area (Å²) in [5, 5.41) is 0.920. The number of para-hydroxylation sites is 1. The van der Waals surface area contributed by atoms with E-state index in [2.05, 4.69) is 23.8 Å². The molecule has 1 aromatic heterocycles. The lowest BCUT2D eigenvalue weighted by molar-refractivity contribution is 0.0743. The van der Waals surface area contributed by atoms with E-state index in [1.807, 2.05) is 24.3 Å². The Bertz CT molecular complexity index is 635. The molecule has 3 rings (SSSR count). The highest BCUT2D eigenvalue weighted by Crippen LogP contribution is 2.21. The van der Waals surface area contributed by atoms with Gasteiger partial charge in [0.2, 0.25) is 0 Å². The number of hydrogen-bond acceptors (Lipinski definition) is 4. The van der Waals surface area contributed by atoms with Gasteiger partial charge in [-0.2, -0.15) is 0 Å². The van der Waals surface area contributed by atoms with Gasteiger partial charge in [0, 0.05) is 31.1 Å². The van der Waals surface area contributed by atoms with Crippen molar-refractivity contribution in [3.05, 3.63) is 36.1 Å². The second-order valence-electron chi connectivity index (χ2n) is 5.85. The Hall–Kier alpha value is -1.65. The van der Waals surface area contributed by atoms with Crippen LogP contribution < -0.4 is 0 Å². The van der Waals surface area contributed by atoms with E-state index in [0.29, 0.717) is 18.2 Å². The molecule has 1 atom stereocenters. The fourth-order valence-electron chi connectivity index (χ4n) is 3.08. The predicted octanol–water partition coefficient (Wildman–Crippen LogP) is 2.64. The Kier molecular flexibility index (Phi) is 4.08. The molecule has 1 aliphatic heterocycles. The lowest BCUT2D eigenvalue weighted by Crippen LogP contribution is -2.52. The first-order chi connectivity index (χ1) is 10.2. The Morgan fingerprint density at radius 3 is 2.95 bits per heavy atom. The van der Waals surface area contributed by atoms with E-state index in [9.17, 15) is 4.79 Å². The molecular weight excluding hydrogens is 264 g/mol. The van der Waals surface area contributed by atoms with Crippen molar-refractivity contribution in [3.63, 3.8) is 0 Å². The van der Waals surface area contributed by atoms with Gasteiger partial charge in [0.1, 0.15) is 11.8 Å². The van der Waals surface area contributed by atoms with Crippen molar-refractivity contribution in [1.82, 2.24) is 9.80 Å². The highest BCUT2D eigenvalue weighted by molar-refractivity contribution is 6.08. The number of piperazine rings is 1. The summed E-state index contributed by atoms with van der Waals surface area (Å²) in [6.07, 6.45) is 2.72. The number of benzene rings is 1. The van der Waals surface area contributed by atoms with E-state index in [4.69, 9.17) is 4.42 Å². The molecule has 0 spiro atoms. The molecule has 0 bridgehead atoms. The Morgan fingerprint density at radius 2 is 2.14 bits per heavy atom. The summed E-state index contributed by atoms with van der Waals surface area (Å²) < 4.78 is 5.47. The molecule has 112 valence electrons. The van der Waals surface area contributed by atoms with Crippen LogP contribution in [0.4, 0.5) is 0 Å². The second-order valence-corrected chi connectivity index (χ2v) is 5.85. The first kappa shape index (κ1) is 14.3. The molecule has 1 aliphatic rings. The molecule has 1 aromatic carbocycles. The topological polar surface area (TPSA) is 36.7 Å².